The van der Waals surface area contributed by atoms with E-state index in [4.69, 9.17) is 5.73 Å². The van der Waals surface area contributed by atoms with Gasteiger partial charge < -0.3 is 10.6 Å². The summed E-state index contributed by atoms with van der Waals surface area (Å²) in [5.74, 6) is 0. The summed E-state index contributed by atoms with van der Waals surface area (Å²) in [4.78, 5) is 3.89. The summed E-state index contributed by atoms with van der Waals surface area (Å²) in [6.45, 7) is 3.97. The molecule has 1 aliphatic rings. The second-order valence-electron chi connectivity index (χ2n) is 4.89. The topological polar surface area (TPSA) is 29.3 Å². The molecule has 18 heavy (non-hydrogen) atoms. The van der Waals surface area contributed by atoms with Crippen molar-refractivity contribution in [2.45, 2.75) is 50.1 Å². The molecule has 100 valence electrons. The van der Waals surface area contributed by atoms with Gasteiger partial charge in [0.05, 0.1) is 0 Å². The highest BCUT2D eigenvalue weighted by atomic mass is 32.2. The normalized spacial score (nSPS) is 16.2. The fraction of sp³-hybridized carbons (Fsp3) is 0.600. The van der Waals surface area contributed by atoms with Crippen LogP contribution in [0.5, 0.6) is 0 Å². The van der Waals surface area contributed by atoms with Crippen molar-refractivity contribution in [3.8, 4) is 0 Å². The monoisotopic (exact) mass is 264 g/mol. The van der Waals surface area contributed by atoms with Gasteiger partial charge in [0.25, 0.3) is 0 Å². The van der Waals surface area contributed by atoms with Crippen LogP contribution in [0.4, 0.5) is 5.69 Å². The van der Waals surface area contributed by atoms with Crippen LogP contribution in [0, 0.1) is 0 Å². The first-order valence-corrected chi connectivity index (χ1v) is 8.16. The number of nitrogens with two attached hydrogens (primary N) is 1. The van der Waals surface area contributed by atoms with Crippen molar-refractivity contribution in [3.63, 3.8) is 0 Å². The summed E-state index contributed by atoms with van der Waals surface area (Å²) in [7, 11) is 0. The van der Waals surface area contributed by atoms with E-state index >= 15 is 0 Å². The molecule has 0 aliphatic heterocycles. The van der Waals surface area contributed by atoms with Gasteiger partial charge in [-0.15, -0.1) is 11.8 Å². The number of hydrogen-bond donors (Lipinski definition) is 1. The summed E-state index contributed by atoms with van der Waals surface area (Å²) in [5, 5.41) is 0. The number of thioether (sulfide) groups is 1. The van der Waals surface area contributed by atoms with Crippen LogP contribution in [0.2, 0.25) is 0 Å². The van der Waals surface area contributed by atoms with Gasteiger partial charge in [-0.3, -0.25) is 0 Å². The molecule has 0 saturated heterocycles. The molecule has 3 heteroatoms. The smallest absolute Gasteiger partial charge is 0.0425 e. The molecular weight excluding hydrogens is 240 g/mol. The van der Waals surface area contributed by atoms with Crippen molar-refractivity contribution in [3.05, 3.63) is 23.8 Å². The molecule has 0 amide bonds. The summed E-state index contributed by atoms with van der Waals surface area (Å²) in [6, 6.07) is 7.30. The third-order valence-corrected chi connectivity index (χ3v) is 4.77. The second-order valence-corrected chi connectivity index (χ2v) is 5.73. The Morgan fingerprint density at radius 3 is 2.61 bits per heavy atom. The zero-order chi connectivity index (χ0) is 13.0. The van der Waals surface area contributed by atoms with E-state index in [0.29, 0.717) is 6.54 Å². The van der Waals surface area contributed by atoms with E-state index in [1.165, 1.54) is 41.8 Å². The summed E-state index contributed by atoms with van der Waals surface area (Å²) in [6.07, 6.45) is 7.55. The molecule has 2 N–H and O–H groups in total. The number of anilines is 1. The first-order valence-electron chi connectivity index (χ1n) is 6.94. The predicted octanol–water partition coefficient (Wildman–Crippen LogP) is 3.64. The SMILES string of the molecule is CCN(c1cccc(SC)c1CN)C1CCCC1. The van der Waals surface area contributed by atoms with Gasteiger partial charge in [0.2, 0.25) is 0 Å². The van der Waals surface area contributed by atoms with Gasteiger partial charge in [0.15, 0.2) is 0 Å². The van der Waals surface area contributed by atoms with Crippen molar-refractivity contribution >= 4 is 17.4 Å². The number of hydrogen-bond acceptors (Lipinski definition) is 3. The van der Waals surface area contributed by atoms with Crippen molar-refractivity contribution in [1.29, 1.82) is 0 Å². The quantitative estimate of drug-likeness (QED) is 0.823. The van der Waals surface area contributed by atoms with Crippen molar-refractivity contribution in [2.24, 2.45) is 5.73 Å². The molecule has 1 fully saturated rings. The fourth-order valence-electron chi connectivity index (χ4n) is 3.06. The zero-order valence-corrected chi connectivity index (χ0v) is 12.3. The molecule has 0 spiro atoms. The van der Waals surface area contributed by atoms with E-state index in [2.05, 4.69) is 36.3 Å². The van der Waals surface area contributed by atoms with Gasteiger partial charge in [-0.05, 0) is 38.2 Å². The minimum Gasteiger partial charge on any atom is -0.369 e. The molecule has 1 saturated carbocycles. The predicted molar refractivity (Wildman–Crippen MR) is 81.4 cm³/mol. The van der Waals surface area contributed by atoms with E-state index in [1.54, 1.807) is 11.8 Å². The molecule has 2 nitrogen and oxygen atoms in total. The lowest BCUT2D eigenvalue weighted by molar-refractivity contribution is 0.616. The highest BCUT2D eigenvalue weighted by Crippen LogP contribution is 2.34. The Hall–Kier alpha value is -0.670. The Morgan fingerprint density at radius 1 is 1.33 bits per heavy atom. The average Bonchev–Trinajstić information content (AvgIpc) is 2.93. The Bertz CT molecular complexity index is 386. The summed E-state index contributed by atoms with van der Waals surface area (Å²) >= 11 is 1.80. The van der Waals surface area contributed by atoms with E-state index in [9.17, 15) is 0 Å². The Labute approximate surface area is 115 Å². The van der Waals surface area contributed by atoms with Gasteiger partial charge in [0, 0.05) is 35.3 Å². The lowest BCUT2D eigenvalue weighted by atomic mass is 10.1. The molecule has 0 radical (unpaired) electrons. The van der Waals surface area contributed by atoms with Crippen molar-refractivity contribution in [1.82, 2.24) is 0 Å². The average molecular weight is 264 g/mol. The first-order chi connectivity index (χ1) is 8.81. The maximum absolute atomic E-state index is 5.98. The highest BCUT2D eigenvalue weighted by molar-refractivity contribution is 7.98. The third-order valence-electron chi connectivity index (χ3n) is 3.95. The molecule has 1 aliphatic carbocycles. The van der Waals surface area contributed by atoms with E-state index in [-0.39, 0.29) is 0 Å². The zero-order valence-electron chi connectivity index (χ0n) is 11.5. The maximum atomic E-state index is 5.98. The Kier molecular flexibility index (Phi) is 4.95. The second kappa shape index (κ2) is 6.48. The number of rotatable bonds is 5. The molecule has 0 bridgehead atoms. The molecule has 2 rings (SSSR count). The highest BCUT2D eigenvalue weighted by Gasteiger charge is 2.23. The van der Waals surface area contributed by atoms with Gasteiger partial charge in [-0.25, -0.2) is 0 Å². The molecule has 0 aromatic heterocycles. The molecular formula is C15H24N2S. The lowest BCUT2D eigenvalue weighted by Crippen LogP contribution is -2.34. The molecule has 0 atom stereocenters. The van der Waals surface area contributed by atoms with Crippen LogP contribution in [-0.4, -0.2) is 18.8 Å². The van der Waals surface area contributed by atoms with Crippen LogP contribution in [0.15, 0.2) is 23.1 Å². The lowest BCUT2D eigenvalue weighted by Gasteiger charge is -2.32. The molecule has 1 aromatic carbocycles. The van der Waals surface area contributed by atoms with E-state index in [0.717, 1.165) is 12.6 Å². The minimum atomic E-state index is 0.634. The van der Waals surface area contributed by atoms with Gasteiger partial charge in [-0.1, -0.05) is 18.9 Å². The van der Waals surface area contributed by atoms with Gasteiger partial charge >= 0.3 is 0 Å². The van der Waals surface area contributed by atoms with Crippen LogP contribution in [0.1, 0.15) is 38.2 Å². The fourth-order valence-corrected chi connectivity index (χ4v) is 3.71. The molecule has 1 aromatic rings. The maximum Gasteiger partial charge on any atom is 0.0425 e. The summed E-state index contributed by atoms with van der Waals surface area (Å²) in [5.41, 5.74) is 8.66. The van der Waals surface area contributed by atoms with Crippen LogP contribution in [0.3, 0.4) is 0 Å². The number of nitrogens with zero attached hydrogens (tertiary/aromatic N) is 1. The Balaban J connectivity index is 2.34. The van der Waals surface area contributed by atoms with Gasteiger partial charge in [-0.2, -0.15) is 0 Å². The van der Waals surface area contributed by atoms with E-state index in [1.807, 2.05) is 0 Å². The molecule has 0 unspecified atom stereocenters. The van der Waals surface area contributed by atoms with Crippen LogP contribution in [-0.2, 0) is 6.54 Å². The first kappa shape index (κ1) is 13.8. The standard InChI is InChI=1S/C15H24N2S/c1-3-17(12-7-4-5-8-12)14-9-6-10-15(18-2)13(14)11-16/h6,9-10,12H,3-5,7-8,11,16H2,1-2H3. The number of benzene rings is 1. The van der Waals surface area contributed by atoms with E-state index < -0.39 is 0 Å². The van der Waals surface area contributed by atoms with Crippen LogP contribution in [0.25, 0.3) is 0 Å². The van der Waals surface area contributed by atoms with Crippen LogP contribution < -0.4 is 10.6 Å². The van der Waals surface area contributed by atoms with Crippen molar-refractivity contribution < 1.29 is 0 Å². The van der Waals surface area contributed by atoms with Crippen molar-refractivity contribution in [2.75, 3.05) is 17.7 Å². The van der Waals surface area contributed by atoms with Crippen LogP contribution >= 0.6 is 11.8 Å². The minimum absolute atomic E-state index is 0.634. The summed E-state index contributed by atoms with van der Waals surface area (Å²) < 4.78 is 0. The molecule has 0 heterocycles. The Morgan fingerprint density at radius 2 is 2.06 bits per heavy atom. The third kappa shape index (κ3) is 2.67. The largest absolute Gasteiger partial charge is 0.369 e. The van der Waals surface area contributed by atoms with Gasteiger partial charge in [0.1, 0.15) is 0 Å².